The summed E-state index contributed by atoms with van der Waals surface area (Å²) in [5.74, 6) is -0.134. The SMILES string of the molecule is O=C1/C(=C/c2cccc(OS(=O)(=O)c3ccccc3)c2)C(c2ccccc2)=NN1c1ccccc1. The van der Waals surface area contributed by atoms with Crippen molar-refractivity contribution in [3.05, 3.63) is 132 Å². The van der Waals surface area contributed by atoms with Crippen LogP contribution in [-0.4, -0.2) is 20.0 Å². The van der Waals surface area contributed by atoms with Crippen LogP contribution in [-0.2, 0) is 14.9 Å². The molecule has 0 N–H and O–H groups in total. The fraction of sp³-hybridized carbons (Fsp3) is 0. The van der Waals surface area contributed by atoms with Gasteiger partial charge in [0, 0.05) is 5.56 Å². The number of anilines is 1. The van der Waals surface area contributed by atoms with Gasteiger partial charge in [0.05, 0.1) is 11.3 Å². The van der Waals surface area contributed by atoms with Crippen molar-refractivity contribution < 1.29 is 17.4 Å². The normalized spacial score (nSPS) is 14.7. The summed E-state index contributed by atoms with van der Waals surface area (Å²) >= 11 is 0. The van der Waals surface area contributed by atoms with Crippen LogP contribution in [0.25, 0.3) is 6.08 Å². The van der Waals surface area contributed by atoms with Gasteiger partial charge >= 0.3 is 10.1 Å². The lowest BCUT2D eigenvalue weighted by atomic mass is 10.0. The van der Waals surface area contributed by atoms with Crippen molar-refractivity contribution in [3.8, 4) is 5.75 Å². The summed E-state index contributed by atoms with van der Waals surface area (Å²) in [5.41, 5.74) is 2.98. The van der Waals surface area contributed by atoms with Crippen molar-refractivity contribution in [2.45, 2.75) is 4.90 Å². The minimum absolute atomic E-state index is 0.0618. The van der Waals surface area contributed by atoms with Gasteiger partial charge in [-0.25, -0.2) is 0 Å². The first-order valence-corrected chi connectivity index (χ1v) is 12.3. The fourth-order valence-corrected chi connectivity index (χ4v) is 4.63. The van der Waals surface area contributed by atoms with E-state index in [9.17, 15) is 13.2 Å². The number of hydrazone groups is 1. The van der Waals surface area contributed by atoms with Gasteiger partial charge in [0.25, 0.3) is 5.91 Å². The molecule has 1 amide bonds. The second kappa shape index (κ2) is 9.40. The molecule has 0 aromatic heterocycles. The Morgan fingerprint density at radius 1 is 0.743 bits per heavy atom. The number of benzene rings is 4. The smallest absolute Gasteiger partial charge is 0.339 e. The molecule has 1 heterocycles. The van der Waals surface area contributed by atoms with Crippen molar-refractivity contribution in [3.63, 3.8) is 0 Å². The molecule has 172 valence electrons. The lowest BCUT2D eigenvalue weighted by Gasteiger charge is -2.11. The fourth-order valence-electron chi connectivity index (χ4n) is 3.68. The summed E-state index contributed by atoms with van der Waals surface area (Å²) < 4.78 is 30.6. The van der Waals surface area contributed by atoms with Crippen molar-refractivity contribution in [1.82, 2.24) is 0 Å². The van der Waals surface area contributed by atoms with Crippen LogP contribution in [0.1, 0.15) is 11.1 Å². The highest BCUT2D eigenvalue weighted by molar-refractivity contribution is 7.87. The van der Waals surface area contributed by atoms with E-state index in [1.165, 1.54) is 17.1 Å². The van der Waals surface area contributed by atoms with Crippen LogP contribution in [0.15, 0.2) is 131 Å². The van der Waals surface area contributed by atoms with E-state index in [1.807, 2.05) is 60.7 Å². The minimum Gasteiger partial charge on any atom is -0.379 e. The van der Waals surface area contributed by atoms with Crippen LogP contribution in [0.4, 0.5) is 5.69 Å². The highest BCUT2D eigenvalue weighted by Gasteiger charge is 2.32. The average Bonchev–Trinajstić information content (AvgIpc) is 3.21. The predicted octanol–water partition coefficient (Wildman–Crippen LogP) is 5.29. The van der Waals surface area contributed by atoms with Crippen LogP contribution in [0.5, 0.6) is 5.75 Å². The molecule has 0 radical (unpaired) electrons. The minimum atomic E-state index is -3.99. The van der Waals surface area contributed by atoms with E-state index < -0.39 is 10.1 Å². The summed E-state index contributed by atoms with van der Waals surface area (Å²) in [5, 5.41) is 5.98. The largest absolute Gasteiger partial charge is 0.379 e. The first kappa shape index (κ1) is 22.3. The summed E-state index contributed by atoms with van der Waals surface area (Å²) in [4.78, 5) is 13.5. The average molecular weight is 481 g/mol. The number of hydrogen-bond donors (Lipinski definition) is 0. The summed E-state index contributed by atoms with van der Waals surface area (Å²) in [6, 6.07) is 33.2. The molecule has 0 aliphatic carbocycles. The molecule has 0 atom stereocenters. The molecule has 4 aromatic carbocycles. The van der Waals surface area contributed by atoms with Gasteiger partial charge in [-0.15, -0.1) is 0 Å². The lowest BCUT2D eigenvalue weighted by molar-refractivity contribution is -0.114. The highest BCUT2D eigenvalue weighted by atomic mass is 32.2. The maximum atomic E-state index is 13.4. The summed E-state index contributed by atoms with van der Waals surface area (Å²) in [6.45, 7) is 0. The molecule has 6 nitrogen and oxygen atoms in total. The maximum absolute atomic E-state index is 13.4. The van der Waals surface area contributed by atoms with Gasteiger partial charge in [0.2, 0.25) is 0 Å². The van der Waals surface area contributed by atoms with E-state index in [0.717, 1.165) is 5.56 Å². The number of carbonyl (C=O) groups excluding carboxylic acids is 1. The van der Waals surface area contributed by atoms with E-state index in [2.05, 4.69) is 5.10 Å². The number of para-hydroxylation sites is 1. The van der Waals surface area contributed by atoms with Gasteiger partial charge in [-0.05, 0) is 48.0 Å². The predicted molar refractivity (Wildman–Crippen MR) is 136 cm³/mol. The molecule has 0 spiro atoms. The molecule has 35 heavy (non-hydrogen) atoms. The highest BCUT2D eigenvalue weighted by Crippen LogP contribution is 2.28. The van der Waals surface area contributed by atoms with Crippen LogP contribution >= 0.6 is 0 Å². The zero-order valence-corrected chi connectivity index (χ0v) is 19.3. The number of hydrogen-bond acceptors (Lipinski definition) is 5. The van der Waals surface area contributed by atoms with Crippen LogP contribution < -0.4 is 9.19 Å². The zero-order valence-electron chi connectivity index (χ0n) is 18.5. The Labute approximate surface area is 203 Å². The molecule has 0 saturated heterocycles. The third kappa shape index (κ3) is 4.76. The Kier molecular flexibility index (Phi) is 5.99. The van der Waals surface area contributed by atoms with Gasteiger partial charge in [-0.1, -0.05) is 78.9 Å². The van der Waals surface area contributed by atoms with E-state index in [0.29, 0.717) is 22.5 Å². The van der Waals surface area contributed by atoms with Gasteiger partial charge in [-0.2, -0.15) is 18.5 Å². The van der Waals surface area contributed by atoms with E-state index >= 15 is 0 Å². The van der Waals surface area contributed by atoms with Crippen molar-refractivity contribution >= 4 is 33.5 Å². The lowest BCUT2D eigenvalue weighted by Crippen LogP contribution is -2.21. The van der Waals surface area contributed by atoms with Crippen LogP contribution in [0.2, 0.25) is 0 Å². The van der Waals surface area contributed by atoms with Crippen molar-refractivity contribution in [2.75, 3.05) is 5.01 Å². The Morgan fingerprint density at radius 3 is 2.06 bits per heavy atom. The summed E-state index contributed by atoms with van der Waals surface area (Å²) in [6.07, 6.45) is 1.69. The van der Waals surface area contributed by atoms with Gasteiger partial charge in [0.1, 0.15) is 16.4 Å². The van der Waals surface area contributed by atoms with Gasteiger partial charge in [0.15, 0.2) is 0 Å². The third-order valence-electron chi connectivity index (χ3n) is 5.33. The molecule has 7 heteroatoms. The van der Waals surface area contributed by atoms with Gasteiger partial charge < -0.3 is 4.18 Å². The second-order valence-corrected chi connectivity index (χ2v) is 9.29. The first-order chi connectivity index (χ1) is 17.0. The molecule has 5 rings (SSSR count). The molecule has 1 aliphatic rings. The number of nitrogens with zero attached hydrogens (tertiary/aromatic N) is 2. The zero-order chi connectivity index (χ0) is 24.3. The first-order valence-electron chi connectivity index (χ1n) is 10.9. The van der Waals surface area contributed by atoms with E-state index in [1.54, 1.807) is 48.5 Å². The topological polar surface area (TPSA) is 76.0 Å². The number of carbonyl (C=O) groups is 1. The molecule has 0 bridgehead atoms. The van der Waals surface area contributed by atoms with Crippen molar-refractivity contribution in [1.29, 1.82) is 0 Å². The van der Waals surface area contributed by atoms with E-state index in [4.69, 9.17) is 4.18 Å². The Bertz CT molecular complexity index is 1530. The van der Waals surface area contributed by atoms with Crippen LogP contribution in [0, 0.1) is 0 Å². The van der Waals surface area contributed by atoms with Crippen molar-refractivity contribution in [2.24, 2.45) is 5.10 Å². The summed E-state index contributed by atoms with van der Waals surface area (Å²) in [7, 11) is -3.99. The quantitative estimate of drug-likeness (QED) is 0.278. The molecular weight excluding hydrogens is 460 g/mol. The molecule has 1 aliphatic heterocycles. The molecule has 4 aromatic rings. The standard InChI is InChI=1S/C28H20N2O4S/c31-28-26(27(22-12-4-1-5-13-22)29-30(28)23-14-6-2-7-15-23)20-21-11-10-16-24(19-21)34-35(32,33)25-17-8-3-9-18-25/h1-20H/b26-20+. The third-order valence-corrected chi connectivity index (χ3v) is 6.59. The molecular formula is C28H20N2O4S. The maximum Gasteiger partial charge on any atom is 0.339 e. The number of rotatable bonds is 6. The van der Waals surface area contributed by atoms with Gasteiger partial charge in [-0.3, -0.25) is 4.79 Å². The molecule has 0 fully saturated rings. The monoisotopic (exact) mass is 480 g/mol. The number of amides is 1. The van der Waals surface area contributed by atoms with Crippen LogP contribution in [0.3, 0.4) is 0 Å². The second-order valence-electron chi connectivity index (χ2n) is 7.75. The Hall–Kier alpha value is -4.49. The van der Waals surface area contributed by atoms with E-state index in [-0.39, 0.29) is 16.6 Å². The molecule has 0 saturated carbocycles. The Balaban J connectivity index is 1.51. The molecule has 0 unspecified atom stereocenters. The Morgan fingerprint density at radius 2 is 1.37 bits per heavy atom.